The number of nitrogens with two attached hydrogens (primary N) is 1. The Bertz CT molecular complexity index is 151. The van der Waals surface area contributed by atoms with E-state index >= 15 is 0 Å². The van der Waals surface area contributed by atoms with E-state index in [2.05, 4.69) is 5.73 Å². The third-order valence-corrected chi connectivity index (χ3v) is 0.564. The maximum Gasteiger partial charge on any atom is 0.319 e. The van der Waals surface area contributed by atoms with Crippen molar-refractivity contribution in [3.05, 3.63) is 12.2 Å². The van der Waals surface area contributed by atoms with Crippen LogP contribution in [0.5, 0.6) is 0 Å². The molecule has 0 fully saturated rings. The monoisotopic (exact) mass is 128 g/mol. The van der Waals surface area contributed by atoms with E-state index in [4.69, 9.17) is 0 Å². The van der Waals surface area contributed by atoms with Gasteiger partial charge in [0, 0.05) is 0 Å². The molecular formula is C5H8N2O2. The molecule has 0 aliphatic carbocycles. The maximum atomic E-state index is 10.4. The normalized spacial score (nSPS) is 9.44. The van der Waals surface area contributed by atoms with Crippen LogP contribution in [0.4, 0.5) is 4.79 Å². The minimum atomic E-state index is -0.835. The number of urea groups is 1. The summed E-state index contributed by atoms with van der Waals surface area (Å²) >= 11 is 0. The third kappa shape index (κ3) is 4.53. The zero-order valence-corrected chi connectivity index (χ0v) is 5.05. The van der Waals surface area contributed by atoms with E-state index in [1.54, 1.807) is 6.92 Å². The second-order valence-corrected chi connectivity index (χ2v) is 1.35. The molecule has 0 rings (SSSR count). The Morgan fingerprint density at radius 1 is 1.56 bits per heavy atom. The number of primary amides is 1. The maximum absolute atomic E-state index is 10.4. The van der Waals surface area contributed by atoms with E-state index in [0.717, 1.165) is 0 Å². The van der Waals surface area contributed by atoms with Crippen LogP contribution in [0.1, 0.15) is 6.92 Å². The molecule has 3 amide bonds. The summed E-state index contributed by atoms with van der Waals surface area (Å²) in [5.41, 5.74) is 4.62. The van der Waals surface area contributed by atoms with Gasteiger partial charge in [0.2, 0.25) is 0 Å². The number of allylic oxidation sites excluding steroid dienone is 1. The van der Waals surface area contributed by atoms with Gasteiger partial charge in [-0.1, -0.05) is 6.08 Å². The number of nitrogens with one attached hydrogen (secondary N) is 1. The SMILES string of the molecule is C/C=C/C(=O)NC(N)=O. The largest absolute Gasteiger partial charge is 0.351 e. The lowest BCUT2D eigenvalue weighted by atomic mass is 10.5. The van der Waals surface area contributed by atoms with Crippen LogP contribution in [0.25, 0.3) is 0 Å². The Kier molecular flexibility index (Phi) is 3.12. The number of imide groups is 1. The van der Waals surface area contributed by atoms with Gasteiger partial charge < -0.3 is 5.73 Å². The van der Waals surface area contributed by atoms with Gasteiger partial charge in [-0.15, -0.1) is 0 Å². The summed E-state index contributed by atoms with van der Waals surface area (Å²) in [6, 6.07) is -0.835. The summed E-state index contributed by atoms with van der Waals surface area (Å²) in [5, 5.41) is 1.86. The summed E-state index contributed by atoms with van der Waals surface area (Å²) in [5.74, 6) is -0.495. The molecule has 50 valence electrons. The molecule has 0 aliphatic heterocycles. The van der Waals surface area contributed by atoms with Gasteiger partial charge >= 0.3 is 6.03 Å². The van der Waals surface area contributed by atoms with Crippen molar-refractivity contribution in [2.24, 2.45) is 5.73 Å². The predicted molar refractivity (Wildman–Crippen MR) is 32.5 cm³/mol. The molecule has 0 saturated heterocycles. The van der Waals surface area contributed by atoms with E-state index in [-0.39, 0.29) is 0 Å². The first-order chi connectivity index (χ1) is 4.16. The summed E-state index contributed by atoms with van der Waals surface area (Å²) in [7, 11) is 0. The predicted octanol–water partition coefficient (Wildman–Crippen LogP) is -0.243. The topological polar surface area (TPSA) is 72.2 Å². The van der Waals surface area contributed by atoms with Crippen molar-refractivity contribution in [3.63, 3.8) is 0 Å². The highest BCUT2D eigenvalue weighted by Crippen LogP contribution is 1.69. The van der Waals surface area contributed by atoms with E-state index in [0.29, 0.717) is 0 Å². The highest BCUT2D eigenvalue weighted by Gasteiger charge is 1.95. The highest BCUT2D eigenvalue weighted by molar-refractivity contribution is 5.99. The number of carbonyl (C=O) groups is 2. The average Bonchev–Trinajstić information content (AvgIpc) is 1.63. The van der Waals surface area contributed by atoms with Gasteiger partial charge in [-0.25, -0.2) is 4.79 Å². The first-order valence-electron chi connectivity index (χ1n) is 2.40. The standard InChI is InChI=1S/C5H8N2O2/c1-2-3-4(8)7-5(6)9/h2-3H,1H3,(H3,6,7,8,9)/b3-2+. The first-order valence-corrected chi connectivity index (χ1v) is 2.40. The summed E-state index contributed by atoms with van der Waals surface area (Å²) in [4.78, 5) is 20.3. The summed E-state index contributed by atoms with van der Waals surface area (Å²) < 4.78 is 0. The molecule has 0 heterocycles. The first kappa shape index (κ1) is 7.68. The Morgan fingerprint density at radius 3 is 2.44 bits per heavy atom. The molecule has 0 atom stereocenters. The van der Waals surface area contributed by atoms with Crippen molar-refractivity contribution in [3.8, 4) is 0 Å². The lowest BCUT2D eigenvalue weighted by molar-refractivity contribution is -0.115. The van der Waals surface area contributed by atoms with Crippen LogP contribution in [-0.4, -0.2) is 11.9 Å². The number of hydrogen-bond donors (Lipinski definition) is 2. The Morgan fingerprint density at radius 2 is 2.11 bits per heavy atom. The van der Waals surface area contributed by atoms with Crippen molar-refractivity contribution in [1.82, 2.24) is 5.32 Å². The van der Waals surface area contributed by atoms with Gasteiger partial charge in [0.15, 0.2) is 0 Å². The molecule has 0 aromatic heterocycles. The van der Waals surface area contributed by atoms with Crippen LogP contribution >= 0.6 is 0 Å². The lowest BCUT2D eigenvalue weighted by Crippen LogP contribution is -2.33. The molecule has 4 heteroatoms. The highest BCUT2D eigenvalue weighted by atomic mass is 16.2. The van der Waals surface area contributed by atoms with Gasteiger partial charge in [-0.05, 0) is 13.0 Å². The van der Waals surface area contributed by atoms with Crippen molar-refractivity contribution in [2.45, 2.75) is 6.92 Å². The molecule has 9 heavy (non-hydrogen) atoms. The zero-order valence-electron chi connectivity index (χ0n) is 5.05. The van der Waals surface area contributed by atoms with Gasteiger partial charge in [0.05, 0.1) is 0 Å². The average molecular weight is 128 g/mol. The second kappa shape index (κ2) is 3.65. The van der Waals surface area contributed by atoms with E-state index in [1.165, 1.54) is 12.2 Å². The van der Waals surface area contributed by atoms with Crippen LogP contribution in [0.2, 0.25) is 0 Å². The van der Waals surface area contributed by atoms with E-state index in [9.17, 15) is 9.59 Å². The molecule has 0 saturated carbocycles. The quantitative estimate of drug-likeness (QED) is 0.478. The minimum absolute atomic E-state index is 0.495. The molecule has 0 aromatic rings. The van der Waals surface area contributed by atoms with Gasteiger partial charge in [-0.3, -0.25) is 10.1 Å². The minimum Gasteiger partial charge on any atom is -0.351 e. The fraction of sp³-hybridized carbons (Fsp3) is 0.200. The fourth-order valence-electron chi connectivity index (χ4n) is 0.314. The van der Waals surface area contributed by atoms with Crippen molar-refractivity contribution < 1.29 is 9.59 Å². The lowest BCUT2D eigenvalue weighted by Gasteiger charge is -1.90. The number of rotatable bonds is 1. The Hall–Kier alpha value is -1.32. The number of hydrogen-bond acceptors (Lipinski definition) is 2. The fourth-order valence-corrected chi connectivity index (χ4v) is 0.314. The molecule has 0 spiro atoms. The smallest absolute Gasteiger partial charge is 0.319 e. The Labute approximate surface area is 52.7 Å². The van der Waals surface area contributed by atoms with Crippen molar-refractivity contribution in [2.75, 3.05) is 0 Å². The summed E-state index contributed by atoms with van der Waals surface area (Å²) in [6.07, 6.45) is 2.73. The van der Waals surface area contributed by atoms with Gasteiger partial charge in [0.1, 0.15) is 0 Å². The molecule has 0 unspecified atom stereocenters. The van der Waals surface area contributed by atoms with Crippen LogP contribution in [0.15, 0.2) is 12.2 Å². The molecule has 3 N–H and O–H groups in total. The third-order valence-electron chi connectivity index (χ3n) is 0.564. The van der Waals surface area contributed by atoms with Gasteiger partial charge in [-0.2, -0.15) is 0 Å². The molecule has 0 aromatic carbocycles. The van der Waals surface area contributed by atoms with Crippen LogP contribution in [-0.2, 0) is 4.79 Å². The Balaban J connectivity index is 3.64. The molecule has 0 radical (unpaired) electrons. The van der Waals surface area contributed by atoms with Crippen LogP contribution < -0.4 is 11.1 Å². The molecular weight excluding hydrogens is 120 g/mol. The number of amides is 3. The second-order valence-electron chi connectivity index (χ2n) is 1.35. The zero-order chi connectivity index (χ0) is 7.28. The molecule has 0 bridgehead atoms. The van der Waals surface area contributed by atoms with E-state index < -0.39 is 11.9 Å². The van der Waals surface area contributed by atoms with Crippen molar-refractivity contribution in [1.29, 1.82) is 0 Å². The van der Waals surface area contributed by atoms with Gasteiger partial charge in [0.25, 0.3) is 5.91 Å². The van der Waals surface area contributed by atoms with Crippen molar-refractivity contribution >= 4 is 11.9 Å². The molecule has 4 nitrogen and oxygen atoms in total. The van der Waals surface area contributed by atoms with Crippen LogP contribution in [0.3, 0.4) is 0 Å². The van der Waals surface area contributed by atoms with E-state index in [1.807, 2.05) is 5.32 Å². The van der Waals surface area contributed by atoms with Crippen LogP contribution in [0, 0.1) is 0 Å². The number of carbonyl (C=O) groups excluding carboxylic acids is 2. The molecule has 0 aliphatic rings. The summed E-state index contributed by atoms with van der Waals surface area (Å²) in [6.45, 7) is 1.67.